The van der Waals surface area contributed by atoms with E-state index >= 15 is 0 Å². The van der Waals surface area contributed by atoms with Gasteiger partial charge in [-0.2, -0.15) is 0 Å². The predicted octanol–water partition coefficient (Wildman–Crippen LogP) is 3.15. The molecule has 0 aliphatic heterocycles. The second-order valence-corrected chi connectivity index (χ2v) is 5.84. The third kappa shape index (κ3) is 2.86. The van der Waals surface area contributed by atoms with Crippen LogP contribution in [0.1, 0.15) is 25.1 Å². The zero-order valence-corrected chi connectivity index (χ0v) is 11.2. The number of hydrogen-bond acceptors (Lipinski definition) is 3. The molecule has 1 aromatic carbocycles. The van der Waals surface area contributed by atoms with Crippen molar-refractivity contribution in [2.75, 3.05) is 6.61 Å². The highest BCUT2D eigenvalue weighted by Crippen LogP contribution is 2.25. The molecule has 2 nitrogen and oxygen atoms in total. The number of benzene rings is 1. The number of hydrogen-bond donors (Lipinski definition) is 2. The van der Waals surface area contributed by atoms with E-state index in [1.165, 1.54) is 15.0 Å². The minimum absolute atomic E-state index is 0.170. The number of nitrogens with one attached hydrogen (secondary N) is 1. The Morgan fingerprint density at radius 1 is 1.35 bits per heavy atom. The van der Waals surface area contributed by atoms with Gasteiger partial charge in [-0.15, -0.1) is 11.3 Å². The van der Waals surface area contributed by atoms with Crippen molar-refractivity contribution in [2.45, 2.75) is 32.4 Å². The third-order valence-electron chi connectivity index (χ3n) is 3.30. The number of aliphatic hydroxyl groups is 1. The van der Waals surface area contributed by atoms with Crippen molar-refractivity contribution >= 4 is 21.4 Å². The van der Waals surface area contributed by atoms with Crippen molar-refractivity contribution in [3.63, 3.8) is 0 Å². The van der Waals surface area contributed by atoms with Gasteiger partial charge in [0.2, 0.25) is 0 Å². The standard InChI is InChI=1S/C14H19NOS/c1-3-14(2,10-16)15-9-12-8-11-6-4-5-7-13(11)17-12/h4-8,15-16H,3,9-10H2,1-2H3. The zero-order valence-electron chi connectivity index (χ0n) is 10.4. The molecule has 0 aliphatic carbocycles. The molecular formula is C14H19NOS. The van der Waals surface area contributed by atoms with Crippen LogP contribution in [0, 0.1) is 0 Å². The molecule has 1 atom stereocenters. The van der Waals surface area contributed by atoms with E-state index in [0.29, 0.717) is 0 Å². The molecule has 0 radical (unpaired) electrons. The monoisotopic (exact) mass is 249 g/mol. The summed E-state index contributed by atoms with van der Waals surface area (Å²) in [4.78, 5) is 1.32. The summed E-state index contributed by atoms with van der Waals surface area (Å²) >= 11 is 1.81. The highest BCUT2D eigenvalue weighted by atomic mass is 32.1. The van der Waals surface area contributed by atoms with Crippen molar-refractivity contribution in [3.05, 3.63) is 35.2 Å². The van der Waals surface area contributed by atoms with Crippen molar-refractivity contribution in [1.82, 2.24) is 5.32 Å². The van der Waals surface area contributed by atoms with E-state index in [9.17, 15) is 5.11 Å². The van der Waals surface area contributed by atoms with Gasteiger partial charge >= 0.3 is 0 Å². The van der Waals surface area contributed by atoms with Crippen LogP contribution in [0.25, 0.3) is 10.1 Å². The van der Waals surface area contributed by atoms with Crippen LogP contribution in [-0.2, 0) is 6.54 Å². The molecule has 0 saturated carbocycles. The Morgan fingerprint density at radius 2 is 2.12 bits per heavy atom. The van der Waals surface area contributed by atoms with E-state index in [1.807, 2.05) is 11.3 Å². The fraction of sp³-hybridized carbons (Fsp3) is 0.429. The summed E-state index contributed by atoms with van der Waals surface area (Å²) in [6, 6.07) is 10.6. The molecule has 2 aromatic rings. The van der Waals surface area contributed by atoms with Crippen LogP contribution in [-0.4, -0.2) is 17.3 Å². The lowest BCUT2D eigenvalue weighted by Gasteiger charge is -2.26. The average molecular weight is 249 g/mol. The number of fused-ring (bicyclic) bond motifs is 1. The maximum Gasteiger partial charge on any atom is 0.0610 e. The quantitative estimate of drug-likeness (QED) is 0.853. The second kappa shape index (κ2) is 5.17. The number of aliphatic hydroxyl groups excluding tert-OH is 1. The Morgan fingerprint density at radius 3 is 2.76 bits per heavy atom. The summed E-state index contributed by atoms with van der Waals surface area (Å²) in [6.45, 7) is 5.15. The van der Waals surface area contributed by atoms with Gasteiger partial charge < -0.3 is 10.4 Å². The molecule has 0 saturated heterocycles. The van der Waals surface area contributed by atoms with Gasteiger partial charge in [-0.25, -0.2) is 0 Å². The van der Waals surface area contributed by atoms with E-state index in [-0.39, 0.29) is 12.1 Å². The minimum atomic E-state index is -0.170. The highest BCUT2D eigenvalue weighted by Gasteiger charge is 2.19. The van der Waals surface area contributed by atoms with Gasteiger partial charge in [0, 0.05) is 21.7 Å². The molecule has 2 rings (SSSR count). The fourth-order valence-electron chi connectivity index (χ4n) is 1.72. The zero-order chi connectivity index (χ0) is 12.3. The van der Waals surface area contributed by atoms with Gasteiger partial charge in [0.05, 0.1) is 6.61 Å². The second-order valence-electron chi connectivity index (χ2n) is 4.68. The van der Waals surface area contributed by atoms with E-state index in [2.05, 4.69) is 49.5 Å². The summed E-state index contributed by atoms with van der Waals surface area (Å²) in [5.74, 6) is 0. The fourth-order valence-corrected chi connectivity index (χ4v) is 2.72. The van der Waals surface area contributed by atoms with E-state index < -0.39 is 0 Å². The van der Waals surface area contributed by atoms with Crippen molar-refractivity contribution in [2.24, 2.45) is 0 Å². The van der Waals surface area contributed by atoms with Gasteiger partial charge in [-0.1, -0.05) is 25.1 Å². The lowest BCUT2D eigenvalue weighted by Crippen LogP contribution is -2.44. The van der Waals surface area contributed by atoms with Crippen LogP contribution in [0.5, 0.6) is 0 Å². The number of thiophene rings is 1. The van der Waals surface area contributed by atoms with E-state index in [0.717, 1.165) is 13.0 Å². The minimum Gasteiger partial charge on any atom is -0.394 e. The molecule has 0 aliphatic rings. The Hall–Kier alpha value is -0.900. The Balaban J connectivity index is 2.09. The normalized spacial score (nSPS) is 15.0. The molecule has 0 bridgehead atoms. The van der Waals surface area contributed by atoms with Crippen molar-refractivity contribution < 1.29 is 5.11 Å². The van der Waals surface area contributed by atoms with Gasteiger partial charge in [-0.05, 0) is 30.9 Å². The first kappa shape index (κ1) is 12.6. The highest BCUT2D eigenvalue weighted by molar-refractivity contribution is 7.19. The number of rotatable bonds is 5. The van der Waals surface area contributed by atoms with Gasteiger partial charge in [0.25, 0.3) is 0 Å². The molecule has 0 fully saturated rings. The molecule has 3 heteroatoms. The first-order valence-corrected chi connectivity index (χ1v) is 6.82. The van der Waals surface area contributed by atoms with Crippen LogP contribution in [0.15, 0.2) is 30.3 Å². The summed E-state index contributed by atoms with van der Waals surface area (Å²) in [7, 11) is 0. The largest absolute Gasteiger partial charge is 0.394 e. The van der Waals surface area contributed by atoms with Crippen LogP contribution < -0.4 is 5.32 Å². The van der Waals surface area contributed by atoms with Crippen LogP contribution in [0.2, 0.25) is 0 Å². The summed E-state index contributed by atoms with van der Waals surface area (Å²) < 4.78 is 1.33. The van der Waals surface area contributed by atoms with Crippen LogP contribution >= 0.6 is 11.3 Å². The van der Waals surface area contributed by atoms with Crippen molar-refractivity contribution in [1.29, 1.82) is 0 Å². The molecule has 17 heavy (non-hydrogen) atoms. The van der Waals surface area contributed by atoms with Gasteiger partial charge in [0.15, 0.2) is 0 Å². The molecule has 92 valence electrons. The van der Waals surface area contributed by atoms with Crippen molar-refractivity contribution in [3.8, 4) is 0 Å². The predicted molar refractivity (Wildman–Crippen MR) is 74.4 cm³/mol. The summed E-state index contributed by atoms with van der Waals surface area (Å²) in [5, 5.41) is 14.1. The van der Waals surface area contributed by atoms with Gasteiger partial charge in [0.1, 0.15) is 0 Å². The molecule has 2 N–H and O–H groups in total. The van der Waals surface area contributed by atoms with E-state index in [4.69, 9.17) is 0 Å². The van der Waals surface area contributed by atoms with Crippen LogP contribution in [0.4, 0.5) is 0 Å². The SMILES string of the molecule is CCC(C)(CO)NCc1cc2ccccc2s1. The lowest BCUT2D eigenvalue weighted by molar-refractivity contribution is 0.169. The Labute approximate surface area is 106 Å². The Bertz CT molecular complexity index is 455. The maximum absolute atomic E-state index is 9.34. The summed E-state index contributed by atoms with van der Waals surface area (Å²) in [6.07, 6.45) is 0.925. The first-order chi connectivity index (χ1) is 8.17. The molecular weight excluding hydrogens is 230 g/mol. The third-order valence-corrected chi connectivity index (χ3v) is 4.41. The van der Waals surface area contributed by atoms with E-state index in [1.54, 1.807) is 0 Å². The molecule has 1 heterocycles. The Kier molecular flexibility index (Phi) is 3.82. The summed E-state index contributed by atoms with van der Waals surface area (Å²) in [5.41, 5.74) is -0.170. The average Bonchev–Trinajstić information content (AvgIpc) is 2.79. The first-order valence-electron chi connectivity index (χ1n) is 6.00. The lowest BCUT2D eigenvalue weighted by atomic mass is 10.0. The molecule has 0 amide bonds. The smallest absolute Gasteiger partial charge is 0.0610 e. The molecule has 1 aromatic heterocycles. The van der Waals surface area contributed by atoms with Gasteiger partial charge in [-0.3, -0.25) is 0 Å². The molecule has 1 unspecified atom stereocenters. The maximum atomic E-state index is 9.34. The molecule has 0 spiro atoms. The van der Waals surface area contributed by atoms with Crippen LogP contribution in [0.3, 0.4) is 0 Å². The topological polar surface area (TPSA) is 32.3 Å².